The maximum atomic E-state index is 12.4. The molecule has 1 fully saturated rings. The summed E-state index contributed by atoms with van der Waals surface area (Å²) in [5.41, 5.74) is 0. The van der Waals surface area contributed by atoms with Crippen LogP contribution in [-0.4, -0.2) is 50.7 Å². The number of carbonyl (C=O) groups is 1. The van der Waals surface area contributed by atoms with Gasteiger partial charge < -0.3 is 9.64 Å². The third kappa shape index (κ3) is 4.99. The van der Waals surface area contributed by atoms with Gasteiger partial charge in [-0.05, 0) is 31.9 Å². The van der Waals surface area contributed by atoms with Gasteiger partial charge in [-0.25, -0.2) is 13.1 Å². The first kappa shape index (κ1) is 16.8. The van der Waals surface area contributed by atoms with E-state index < -0.39 is 16.1 Å². The van der Waals surface area contributed by atoms with Crippen LogP contribution in [0.4, 0.5) is 0 Å². The summed E-state index contributed by atoms with van der Waals surface area (Å²) >= 11 is 0. The number of nitrogens with zero attached hydrogens (tertiary/aromatic N) is 1. The van der Waals surface area contributed by atoms with Crippen LogP contribution in [0.1, 0.15) is 19.8 Å². The summed E-state index contributed by atoms with van der Waals surface area (Å²) in [7, 11) is -3.20. The van der Waals surface area contributed by atoms with Gasteiger partial charge in [0.1, 0.15) is 5.75 Å². The monoisotopic (exact) mass is 326 g/mol. The number of benzene rings is 1. The van der Waals surface area contributed by atoms with Crippen LogP contribution in [0.5, 0.6) is 5.75 Å². The Kier molecular flexibility index (Phi) is 5.42. The zero-order valence-electron chi connectivity index (χ0n) is 12.9. The second-order valence-corrected chi connectivity index (χ2v) is 7.34. The Bertz CT molecular complexity index is 595. The minimum Gasteiger partial charge on any atom is -0.481 e. The fourth-order valence-electron chi connectivity index (χ4n) is 2.53. The molecule has 2 rings (SSSR count). The van der Waals surface area contributed by atoms with Crippen molar-refractivity contribution in [3.8, 4) is 5.75 Å². The van der Waals surface area contributed by atoms with Gasteiger partial charge >= 0.3 is 0 Å². The summed E-state index contributed by atoms with van der Waals surface area (Å²) in [4.78, 5) is 14.1. The molecule has 1 saturated heterocycles. The number of hydrogen-bond donors (Lipinski definition) is 1. The molecular weight excluding hydrogens is 304 g/mol. The molecule has 1 amide bonds. The minimum absolute atomic E-state index is 0.0679. The van der Waals surface area contributed by atoms with Crippen molar-refractivity contribution in [3.63, 3.8) is 0 Å². The highest BCUT2D eigenvalue weighted by Crippen LogP contribution is 2.15. The molecule has 1 heterocycles. The van der Waals surface area contributed by atoms with E-state index in [0.29, 0.717) is 31.7 Å². The molecule has 1 unspecified atom stereocenters. The zero-order chi connectivity index (χ0) is 16.2. The minimum atomic E-state index is -3.20. The lowest BCUT2D eigenvalue weighted by atomic mass is 10.1. The largest absolute Gasteiger partial charge is 0.481 e. The van der Waals surface area contributed by atoms with Crippen molar-refractivity contribution in [2.45, 2.75) is 31.9 Å². The van der Waals surface area contributed by atoms with Gasteiger partial charge in [0.25, 0.3) is 5.91 Å². The van der Waals surface area contributed by atoms with E-state index in [4.69, 9.17) is 4.74 Å². The number of amides is 1. The fraction of sp³-hybridized carbons (Fsp3) is 0.533. The van der Waals surface area contributed by atoms with Crippen LogP contribution < -0.4 is 9.46 Å². The Labute approximate surface area is 131 Å². The van der Waals surface area contributed by atoms with Crippen molar-refractivity contribution >= 4 is 15.9 Å². The maximum absolute atomic E-state index is 12.4. The molecule has 0 aromatic heterocycles. The lowest BCUT2D eigenvalue weighted by molar-refractivity contribution is -0.139. The lowest BCUT2D eigenvalue weighted by Gasteiger charge is -2.33. The Hall–Kier alpha value is -1.60. The second kappa shape index (κ2) is 7.11. The molecule has 0 radical (unpaired) electrons. The van der Waals surface area contributed by atoms with Crippen molar-refractivity contribution in [1.82, 2.24) is 9.62 Å². The molecule has 1 aromatic carbocycles. The Morgan fingerprint density at radius 3 is 2.41 bits per heavy atom. The molecular formula is C15H22N2O4S. The van der Waals surface area contributed by atoms with Gasteiger partial charge in [0.05, 0.1) is 6.26 Å². The number of hydrogen-bond acceptors (Lipinski definition) is 4. The standard InChI is InChI=1S/C15H22N2O4S/c1-12(21-14-6-4-3-5-7-14)15(18)17-10-8-13(9-11-17)16-22(2,19)20/h3-7,12-13,16H,8-11H2,1-2H3. The highest BCUT2D eigenvalue weighted by Gasteiger charge is 2.28. The van der Waals surface area contributed by atoms with Crippen LogP contribution in [0.15, 0.2) is 30.3 Å². The van der Waals surface area contributed by atoms with Gasteiger partial charge in [0.15, 0.2) is 6.10 Å². The highest BCUT2D eigenvalue weighted by atomic mass is 32.2. The van der Waals surface area contributed by atoms with E-state index in [1.54, 1.807) is 11.8 Å². The predicted molar refractivity (Wildman–Crippen MR) is 84.1 cm³/mol. The van der Waals surface area contributed by atoms with Gasteiger partial charge in [-0.3, -0.25) is 4.79 Å². The van der Waals surface area contributed by atoms with Crippen LogP contribution in [0.3, 0.4) is 0 Å². The smallest absolute Gasteiger partial charge is 0.263 e. The molecule has 1 atom stereocenters. The topological polar surface area (TPSA) is 75.7 Å². The fourth-order valence-corrected chi connectivity index (χ4v) is 3.37. The summed E-state index contributed by atoms with van der Waals surface area (Å²) in [6.07, 6.45) is 1.84. The second-order valence-electron chi connectivity index (χ2n) is 5.56. The molecule has 0 aliphatic carbocycles. The molecule has 122 valence electrons. The Morgan fingerprint density at radius 1 is 1.27 bits per heavy atom. The summed E-state index contributed by atoms with van der Waals surface area (Å²) in [6.45, 7) is 2.80. The zero-order valence-corrected chi connectivity index (χ0v) is 13.7. The number of rotatable bonds is 5. The third-order valence-corrected chi connectivity index (χ3v) is 4.35. The third-order valence-electron chi connectivity index (χ3n) is 3.59. The SMILES string of the molecule is CC(Oc1ccccc1)C(=O)N1CCC(NS(C)(=O)=O)CC1. The molecule has 6 nitrogen and oxygen atoms in total. The molecule has 1 N–H and O–H groups in total. The van der Waals surface area contributed by atoms with Crippen LogP contribution >= 0.6 is 0 Å². The molecule has 1 aliphatic heterocycles. The van der Waals surface area contributed by atoms with Crippen molar-refractivity contribution < 1.29 is 17.9 Å². The van der Waals surface area contributed by atoms with E-state index in [1.165, 1.54) is 0 Å². The maximum Gasteiger partial charge on any atom is 0.263 e. The van der Waals surface area contributed by atoms with Gasteiger partial charge in [-0.1, -0.05) is 18.2 Å². The summed E-state index contributed by atoms with van der Waals surface area (Å²) in [5, 5.41) is 0. The van der Waals surface area contributed by atoms with E-state index in [2.05, 4.69) is 4.72 Å². The quantitative estimate of drug-likeness (QED) is 0.876. The molecule has 1 aliphatic rings. The van der Waals surface area contributed by atoms with Crippen LogP contribution in [0.2, 0.25) is 0 Å². The van der Waals surface area contributed by atoms with E-state index in [0.717, 1.165) is 6.26 Å². The Morgan fingerprint density at radius 2 is 1.86 bits per heavy atom. The van der Waals surface area contributed by atoms with E-state index in [1.807, 2.05) is 30.3 Å². The summed E-state index contributed by atoms with van der Waals surface area (Å²) in [6, 6.07) is 9.13. The highest BCUT2D eigenvalue weighted by molar-refractivity contribution is 7.88. The lowest BCUT2D eigenvalue weighted by Crippen LogP contribution is -2.49. The first-order chi connectivity index (χ1) is 10.3. The van der Waals surface area contributed by atoms with Crippen molar-refractivity contribution in [2.24, 2.45) is 0 Å². The van der Waals surface area contributed by atoms with Crippen LogP contribution in [0.25, 0.3) is 0 Å². The first-order valence-corrected chi connectivity index (χ1v) is 9.22. The van der Waals surface area contributed by atoms with Crippen molar-refractivity contribution in [2.75, 3.05) is 19.3 Å². The number of carbonyl (C=O) groups excluding carboxylic acids is 1. The molecule has 0 spiro atoms. The number of piperidine rings is 1. The molecule has 0 bridgehead atoms. The molecule has 22 heavy (non-hydrogen) atoms. The molecule has 0 saturated carbocycles. The van der Waals surface area contributed by atoms with Gasteiger partial charge in [0, 0.05) is 19.1 Å². The first-order valence-electron chi connectivity index (χ1n) is 7.33. The normalized spacial score (nSPS) is 18.0. The van der Waals surface area contributed by atoms with Crippen molar-refractivity contribution in [1.29, 1.82) is 0 Å². The number of likely N-dealkylation sites (tertiary alicyclic amines) is 1. The Balaban J connectivity index is 1.84. The van der Waals surface area contributed by atoms with E-state index >= 15 is 0 Å². The number of sulfonamides is 1. The van der Waals surface area contributed by atoms with Crippen LogP contribution in [-0.2, 0) is 14.8 Å². The average Bonchev–Trinajstić information content (AvgIpc) is 2.46. The van der Waals surface area contributed by atoms with Crippen molar-refractivity contribution in [3.05, 3.63) is 30.3 Å². The number of ether oxygens (including phenoxy) is 1. The van der Waals surface area contributed by atoms with E-state index in [9.17, 15) is 13.2 Å². The van der Waals surface area contributed by atoms with Gasteiger partial charge in [-0.15, -0.1) is 0 Å². The van der Waals surface area contributed by atoms with E-state index in [-0.39, 0.29) is 11.9 Å². The molecule has 1 aromatic rings. The number of para-hydroxylation sites is 1. The number of nitrogens with one attached hydrogen (secondary N) is 1. The van der Waals surface area contributed by atoms with Crippen LogP contribution in [0, 0.1) is 0 Å². The van der Waals surface area contributed by atoms with Gasteiger partial charge in [-0.2, -0.15) is 0 Å². The molecule has 7 heteroatoms. The predicted octanol–water partition coefficient (Wildman–Crippen LogP) is 0.994. The summed E-state index contributed by atoms with van der Waals surface area (Å²) < 4.78 is 30.7. The van der Waals surface area contributed by atoms with Gasteiger partial charge in [0.2, 0.25) is 10.0 Å². The summed E-state index contributed by atoms with van der Waals surface area (Å²) in [5.74, 6) is 0.596. The average molecular weight is 326 g/mol.